The number of rotatable bonds is 10. The van der Waals surface area contributed by atoms with Gasteiger partial charge in [0.25, 0.3) is 0 Å². The second-order valence-electron chi connectivity index (χ2n) is 7.47. The molecule has 0 fully saturated rings. The lowest BCUT2D eigenvalue weighted by molar-refractivity contribution is -0.139. The molecule has 0 unspecified atom stereocenters. The first kappa shape index (κ1) is 25.9. The van der Waals surface area contributed by atoms with E-state index in [1.165, 1.54) is 11.8 Å². The molecule has 0 aliphatic rings. The molecule has 8 heteroatoms. The molecule has 31 heavy (non-hydrogen) atoms. The van der Waals surface area contributed by atoms with Crippen molar-refractivity contribution < 1.29 is 9.59 Å². The van der Waals surface area contributed by atoms with Gasteiger partial charge < -0.3 is 10.2 Å². The summed E-state index contributed by atoms with van der Waals surface area (Å²) in [5, 5.41) is 4.58. The van der Waals surface area contributed by atoms with Crippen LogP contribution in [-0.4, -0.2) is 34.6 Å². The smallest absolute Gasteiger partial charge is 0.243 e. The summed E-state index contributed by atoms with van der Waals surface area (Å²) in [6, 6.07) is 12.1. The summed E-state index contributed by atoms with van der Waals surface area (Å²) in [5.41, 5.74) is 1.79. The number of benzene rings is 2. The molecular formula is C23H27Cl3N2O2S. The Hall–Kier alpha value is -1.40. The third kappa shape index (κ3) is 8.23. The molecule has 1 atom stereocenters. The van der Waals surface area contributed by atoms with E-state index in [1.54, 1.807) is 23.1 Å². The molecule has 0 bridgehead atoms. The first-order valence-corrected chi connectivity index (χ1v) is 12.4. The largest absolute Gasteiger partial charge is 0.352 e. The van der Waals surface area contributed by atoms with E-state index in [2.05, 4.69) is 5.32 Å². The maximum Gasteiger partial charge on any atom is 0.243 e. The highest BCUT2D eigenvalue weighted by molar-refractivity contribution is 7.99. The summed E-state index contributed by atoms with van der Waals surface area (Å²) in [6.45, 7) is 5.92. The highest BCUT2D eigenvalue weighted by Gasteiger charge is 2.29. The van der Waals surface area contributed by atoms with Crippen molar-refractivity contribution in [2.24, 2.45) is 0 Å². The number of carbonyl (C=O) groups is 2. The predicted molar refractivity (Wildman–Crippen MR) is 132 cm³/mol. The van der Waals surface area contributed by atoms with Crippen molar-refractivity contribution in [3.8, 4) is 0 Å². The Kier molecular flexibility index (Phi) is 10.5. The third-order valence-electron chi connectivity index (χ3n) is 4.56. The van der Waals surface area contributed by atoms with Crippen LogP contribution in [0, 0.1) is 0 Å². The van der Waals surface area contributed by atoms with Crippen molar-refractivity contribution in [1.29, 1.82) is 0 Å². The van der Waals surface area contributed by atoms with Crippen LogP contribution in [0.15, 0.2) is 42.5 Å². The zero-order valence-corrected chi connectivity index (χ0v) is 20.9. The van der Waals surface area contributed by atoms with Gasteiger partial charge in [0.1, 0.15) is 6.04 Å². The van der Waals surface area contributed by atoms with Crippen LogP contribution in [0.4, 0.5) is 0 Å². The quantitative estimate of drug-likeness (QED) is 0.421. The monoisotopic (exact) mass is 500 g/mol. The van der Waals surface area contributed by atoms with Crippen molar-refractivity contribution >= 4 is 58.4 Å². The molecular weight excluding hydrogens is 475 g/mol. The van der Waals surface area contributed by atoms with Crippen LogP contribution >= 0.6 is 46.6 Å². The summed E-state index contributed by atoms with van der Waals surface area (Å²) in [7, 11) is 0. The molecule has 2 aromatic rings. The molecule has 4 nitrogen and oxygen atoms in total. The van der Waals surface area contributed by atoms with E-state index in [9.17, 15) is 9.59 Å². The standard InChI is InChI=1S/C23H27Cl3N2O2S/c1-4-21(23(30)27-15(2)3)28(12-17-8-9-19(25)11-20(17)26)22(29)14-31-13-16-6-5-7-18(24)10-16/h5-11,15,21H,4,12-14H2,1-3H3,(H,27,30)/t21-/m0/s1. The lowest BCUT2D eigenvalue weighted by Gasteiger charge is -2.31. The van der Waals surface area contributed by atoms with Crippen LogP contribution in [0.1, 0.15) is 38.3 Å². The Balaban J connectivity index is 2.18. The van der Waals surface area contributed by atoms with Crippen molar-refractivity contribution in [3.63, 3.8) is 0 Å². The Morgan fingerprint density at radius 1 is 1.06 bits per heavy atom. The molecule has 0 saturated heterocycles. The van der Waals surface area contributed by atoms with Crippen LogP contribution in [0.2, 0.25) is 15.1 Å². The topological polar surface area (TPSA) is 49.4 Å². The molecule has 2 amide bonds. The van der Waals surface area contributed by atoms with Gasteiger partial charge in [0.2, 0.25) is 11.8 Å². The number of carbonyl (C=O) groups excluding carboxylic acids is 2. The van der Waals surface area contributed by atoms with Gasteiger partial charge in [0.15, 0.2) is 0 Å². The van der Waals surface area contributed by atoms with E-state index in [1.807, 2.05) is 45.0 Å². The van der Waals surface area contributed by atoms with E-state index in [0.717, 1.165) is 11.1 Å². The van der Waals surface area contributed by atoms with Gasteiger partial charge in [-0.25, -0.2) is 0 Å². The van der Waals surface area contributed by atoms with Crippen LogP contribution in [0.25, 0.3) is 0 Å². The molecule has 1 N–H and O–H groups in total. The zero-order valence-electron chi connectivity index (χ0n) is 17.8. The fourth-order valence-corrected chi connectivity index (χ4v) is 4.64. The summed E-state index contributed by atoms with van der Waals surface area (Å²) in [6.07, 6.45) is 0.495. The fraction of sp³-hybridized carbons (Fsp3) is 0.391. The highest BCUT2D eigenvalue weighted by Crippen LogP contribution is 2.25. The van der Waals surface area contributed by atoms with Crippen molar-refractivity contribution in [1.82, 2.24) is 10.2 Å². The molecule has 2 rings (SSSR count). The van der Waals surface area contributed by atoms with Gasteiger partial charge in [0.05, 0.1) is 5.75 Å². The Labute approximate surface area is 203 Å². The molecule has 0 spiro atoms. The van der Waals surface area contributed by atoms with Gasteiger partial charge >= 0.3 is 0 Å². The van der Waals surface area contributed by atoms with Crippen LogP contribution in [-0.2, 0) is 21.9 Å². The first-order chi connectivity index (χ1) is 14.7. The maximum atomic E-state index is 13.2. The predicted octanol–water partition coefficient (Wildman–Crippen LogP) is 6.21. The van der Waals surface area contributed by atoms with Gasteiger partial charge in [-0.3, -0.25) is 9.59 Å². The van der Waals surface area contributed by atoms with Crippen LogP contribution in [0.5, 0.6) is 0 Å². The average Bonchev–Trinajstić information content (AvgIpc) is 2.69. The minimum Gasteiger partial charge on any atom is -0.352 e. The number of nitrogens with one attached hydrogen (secondary N) is 1. The van der Waals surface area contributed by atoms with Gasteiger partial charge in [-0.05, 0) is 55.7 Å². The van der Waals surface area contributed by atoms with Gasteiger partial charge in [0, 0.05) is 33.4 Å². The average molecular weight is 502 g/mol. The van der Waals surface area contributed by atoms with Gasteiger partial charge in [-0.15, -0.1) is 11.8 Å². The summed E-state index contributed by atoms with van der Waals surface area (Å²) in [4.78, 5) is 27.6. The number of halogens is 3. The van der Waals surface area contributed by atoms with Gasteiger partial charge in [-0.2, -0.15) is 0 Å². The Morgan fingerprint density at radius 2 is 1.77 bits per heavy atom. The number of amides is 2. The Morgan fingerprint density at radius 3 is 2.39 bits per heavy atom. The molecule has 2 aromatic carbocycles. The molecule has 0 aliphatic carbocycles. The van der Waals surface area contributed by atoms with E-state index in [0.29, 0.717) is 27.2 Å². The maximum absolute atomic E-state index is 13.2. The highest BCUT2D eigenvalue weighted by atomic mass is 35.5. The molecule has 0 radical (unpaired) electrons. The Bertz CT molecular complexity index is 908. The summed E-state index contributed by atoms with van der Waals surface area (Å²) < 4.78 is 0. The fourth-order valence-electron chi connectivity index (χ4n) is 3.10. The normalized spacial score (nSPS) is 12.0. The molecule has 0 heterocycles. The van der Waals surface area contributed by atoms with E-state index in [-0.39, 0.29) is 30.2 Å². The lowest BCUT2D eigenvalue weighted by atomic mass is 10.1. The molecule has 0 aromatic heterocycles. The van der Waals surface area contributed by atoms with E-state index >= 15 is 0 Å². The van der Waals surface area contributed by atoms with Crippen molar-refractivity contribution in [3.05, 3.63) is 68.7 Å². The van der Waals surface area contributed by atoms with E-state index < -0.39 is 6.04 Å². The number of hydrogen-bond donors (Lipinski definition) is 1. The second kappa shape index (κ2) is 12.6. The lowest BCUT2D eigenvalue weighted by Crippen LogP contribution is -2.51. The first-order valence-electron chi connectivity index (χ1n) is 10.1. The minimum atomic E-state index is -0.589. The summed E-state index contributed by atoms with van der Waals surface area (Å²) >= 11 is 19.9. The molecule has 0 aliphatic heterocycles. The third-order valence-corrected chi connectivity index (χ3v) is 6.37. The van der Waals surface area contributed by atoms with Crippen LogP contribution < -0.4 is 5.32 Å². The van der Waals surface area contributed by atoms with Gasteiger partial charge in [-0.1, -0.05) is 59.9 Å². The zero-order chi connectivity index (χ0) is 23.0. The SMILES string of the molecule is CC[C@@H](C(=O)NC(C)C)N(Cc1ccc(Cl)cc1Cl)C(=O)CSCc1cccc(Cl)c1. The second-order valence-corrected chi connectivity index (χ2v) is 9.73. The number of hydrogen-bond acceptors (Lipinski definition) is 3. The minimum absolute atomic E-state index is 0.0187. The van der Waals surface area contributed by atoms with Crippen LogP contribution in [0.3, 0.4) is 0 Å². The van der Waals surface area contributed by atoms with Crippen molar-refractivity contribution in [2.45, 2.75) is 51.6 Å². The summed E-state index contributed by atoms with van der Waals surface area (Å²) in [5.74, 6) is 0.597. The number of thioether (sulfide) groups is 1. The molecule has 0 saturated carbocycles. The van der Waals surface area contributed by atoms with E-state index in [4.69, 9.17) is 34.8 Å². The van der Waals surface area contributed by atoms with Crippen molar-refractivity contribution in [2.75, 3.05) is 5.75 Å². The molecule has 168 valence electrons. The number of nitrogens with zero attached hydrogens (tertiary/aromatic N) is 1.